The Bertz CT molecular complexity index is 1130. The third-order valence-electron chi connectivity index (χ3n) is 5.60. The number of alkyl halides is 3. The smallest absolute Gasteiger partial charge is 0.497 e. The van der Waals surface area contributed by atoms with Gasteiger partial charge >= 0.3 is 6.36 Å². The number of ether oxygens (including phenoxy) is 2. The van der Waals surface area contributed by atoms with Crippen LogP contribution in [0.15, 0.2) is 60.9 Å². The van der Waals surface area contributed by atoms with Gasteiger partial charge in [0.1, 0.15) is 17.9 Å². The number of aromatic nitrogens is 2. The number of benzene rings is 2. The Hall–Kier alpha value is -3.82. The molecule has 0 aliphatic carbocycles. The van der Waals surface area contributed by atoms with Crippen LogP contribution in [0.2, 0.25) is 0 Å². The molecule has 3 aromatic rings. The number of methoxy groups -OCH3 is 1. The van der Waals surface area contributed by atoms with E-state index in [2.05, 4.69) is 24.9 Å². The van der Waals surface area contributed by atoms with Crippen LogP contribution < -0.4 is 19.7 Å². The zero-order valence-electron chi connectivity index (χ0n) is 18.4. The van der Waals surface area contributed by atoms with Crippen LogP contribution in [-0.4, -0.2) is 42.4 Å². The van der Waals surface area contributed by atoms with Crippen LogP contribution in [0.1, 0.15) is 12.8 Å². The van der Waals surface area contributed by atoms with Gasteiger partial charge in [-0.1, -0.05) is 12.1 Å². The number of nitrogens with zero attached hydrogens (tertiary/aromatic N) is 3. The monoisotopic (exact) mass is 472 g/mol. The first-order valence-corrected chi connectivity index (χ1v) is 10.7. The number of carbonyl (C=O) groups excluding carboxylic acids is 1. The highest BCUT2D eigenvalue weighted by molar-refractivity contribution is 5.94. The lowest BCUT2D eigenvalue weighted by Crippen LogP contribution is -2.38. The summed E-state index contributed by atoms with van der Waals surface area (Å²) in [5.41, 5.74) is 1.69. The number of amides is 1. The van der Waals surface area contributed by atoms with Gasteiger partial charge in [0, 0.05) is 30.6 Å². The summed E-state index contributed by atoms with van der Waals surface area (Å²) in [6.07, 6.45) is -2.26. The molecule has 4 rings (SSSR count). The third kappa shape index (κ3) is 5.75. The minimum absolute atomic E-state index is 0.00723. The molecule has 34 heavy (non-hydrogen) atoms. The van der Waals surface area contributed by atoms with Crippen LogP contribution >= 0.6 is 0 Å². The topological polar surface area (TPSA) is 76.6 Å². The molecule has 1 saturated heterocycles. The van der Waals surface area contributed by atoms with Gasteiger partial charge in [0.25, 0.3) is 0 Å². The second kappa shape index (κ2) is 9.98. The molecule has 0 radical (unpaired) electrons. The first-order chi connectivity index (χ1) is 16.3. The van der Waals surface area contributed by atoms with Crippen molar-refractivity contribution < 1.29 is 27.4 Å². The number of halogens is 3. The van der Waals surface area contributed by atoms with Gasteiger partial charge in [0.2, 0.25) is 5.91 Å². The number of piperidine rings is 1. The zero-order chi connectivity index (χ0) is 24.1. The first kappa shape index (κ1) is 23.3. The average molecular weight is 472 g/mol. The molecule has 1 amide bonds. The average Bonchev–Trinajstić information content (AvgIpc) is 2.84. The second-order valence-electron chi connectivity index (χ2n) is 7.78. The molecule has 1 N–H and O–H groups in total. The van der Waals surface area contributed by atoms with E-state index in [1.165, 1.54) is 30.6 Å². The van der Waals surface area contributed by atoms with Crippen molar-refractivity contribution in [2.24, 2.45) is 5.92 Å². The number of rotatable bonds is 6. The van der Waals surface area contributed by atoms with Crippen molar-refractivity contribution >= 4 is 17.4 Å². The molecule has 10 heteroatoms. The molecule has 2 aromatic carbocycles. The maximum Gasteiger partial charge on any atom is 0.573 e. The predicted octanol–water partition coefficient (Wildman–Crippen LogP) is 4.91. The summed E-state index contributed by atoms with van der Waals surface area (Å²) < 4.78 is 47.1. The molecule has 0 unspecified atom stereocenters. The van der Waals surface area contributed by atoms with Gasteiger partial charge in [0.15, 0.2) is 5.75 Å². The number of hydrogen-bond donors (Lipinski definition) is 1. The minimum Gasteiger partial charge on any atom is -0.497 e. The highest BCUT2D eigenvalue weighted by Crippen LogP contribution is 2.31. The Kier molecular flexibility index (Phi) is 6.85. The predicted molar refractivity (Wildman–Crippen MR) is 121 cm³/mol. The number of carbonyl (C=O) groups is 1. The Labute approximate surface area is 194 Å². The van der Waals surface area contributed by atoms with Gasteiger partial charge in [-0.2, -0.15) is 0 Å². The Morgan fingerprint density at radius 3 is 2.44 bits per heavy atom. The highest BCUT2D eigenvalue weighted by Gasteiger charge is 2.33. The zero-order valence-corrected chi connectivity index (χ0v) is 18.4. The van der Waals surface area contributed by atoms with Crippen molar-refractivity contribution in [2.75, 3.05) is 30.4 Å². The SMILES string of the molecule is COc1ccc(-c2cc(N3CCC(C(=O)Nc4ccccc4OC(F)(F)F)CC3)ncn2)cc1. The molecule has 2 heterocycles. The van der Waals surface area contributed by atoms with Crippen LogP contribution in [-0.2, 0) is 4.79 Å². The Morgan fingerprint density at radius 2 is 1.76 bits per heavy atom. The first-order valence-electron chi connectivity index (χ1n) is 10.7. The summed E-state index contributed by atoms with van der Waals surface area (Å²) >= 11 is 0. The van der Waals surface area contributed by atoms with E-state index < -0.39 is 12.1 Å². The summed E-state index contributed by atoms with van der Waals surface area (Å²) in [5.74, 6) is 0.403. The molecular formula is C24H23F3N4O3. The van der Waals surface area contributed by atoms with Crippen molar-refractivity contribution in [3.8, 4) is 22.8 Å². The molecule has 1 aliphatic rings. The van der Waals surface area contributed by atoms with Gasteiger partial charge in [-0.15, -0.1) is 13.2 Å². The van der Waals surface area contributed by atoms with Crippen molar-refractivity contribution in [1.29, 1.82) is 0 Å². The molecule has 1 aliphatic heterocycles. The van der Waals surface area contributed by atoms with Crippen LogP contribution in [0.5, 0.6) is 11.5 Å². The fourth-order valence-electron chi connectivity index (χ4n) is 3.83. The van der Waals surface area contributed by atoms with E-state index >= 15 is 0 Å². The Balaban J connectivity index is 1.38. The standard InChI is InChI=1S/C24H23F3N4O3/c1-33-18-8-6-16(7-9-18)20-14-22(29-15-28-20)31-12-10-17(11-13-31)23(32)30-19-4-2-3-5-21(19)34-24(25,26)27/h2-9,14-15,17H,10-13H2,1H3,(H,30,32). The molecule has 0 atom stereocenters. The maximum atomic E-state index is 12.7. The lowest BCUT2D eigenvalue weighted by Gasteiger charge is -2.32. The number of para-hydroxylation sites is 2. The van der Waals surface area contributed by atoms with E-state index in [9.17, 15) is 18.0 Å². The molecule has 0 bridgehead atoms. The second-order valence-corrected chi connectivity index (χ2v) is 7.78. The van der Waals surface area contributed by atoms with Crippen molar-refractivity contribution in [3.05, 3.63) is 60.9 Å². The van der Waals surface area contributed by atoms with Crippen LogP contribution in [0, 0.1) is 5.92 Å². The van der Waals surface area contributed by atoms with E-state index in [-0.39, 0.29) is 17.5 Å². The normalized spacial score (nSPS) is 14.5. The van der Waals surface area contributed by atoms with Gasteiger partial charge in [-0.3, -0.25) is 4.79 Å². The van der Waals surface area contributed by atoms with E-state index in [0.29, 0.717) is 25.9 Å². The van der Waals surface area contributed by atoms with Crippen LogP contribution in [0.25, 0.3) is 11.3 Å². The summed E-state index contributed by atoms with van der Waals surface area (Å²) in [5, 5.41) is 2.58. The fourth-order valence-corrected chi connectivity index (χ4v) is 3.83. The summed E-state index contributed by atoms with van der Waals surface area (Å²) in [7, 11) is 1.61. The van der Waals surface area contributed by atoms with Crippen LogP contribution in [0.3, 0.4) is 0 Å². The number of nitrogens with one attached hydrogen (secondary N) is 1. The molecular weight excluding hydrogens is 449 g/mol. The quantitative estimate of drug-likeness (QED) is 0.550. The van der Waals surface area contributed by atoms with Crippen LogP contribution in [0.4, 0.5) is 24.7 Å². The molecule has 1 fully saturated rings. The minimum atomic E-state index is -4.84. The molecule has 7 nitrogen and oxygen atoms in total. The third-order valence-corrected chi connectivity index (χ3v) is 5.60. The fraction of sp³-hybridized carbons (Fsp3) is 0.292. The summed E-state index contributed by atoms with van der Waals surface area (Å²) in [4.78, 5) is 23.5. The lowest BCUT2D eigenvalue weighted by molar-refractivity contribution is -0.274. The largest absolute Gasteiger partial charge is 0.573 e. The molecule has 0 spiro atoms. The molecule has 0 saturated carbocycles. The molecule has 178 valence electrons. The number of hydrogen-bond acceptors (Lipinski definition) is 6. The lowest BCUT2D eigenvalue weighted by atomic mass is 9.95. The van der Waals surface area contributed by atoms with E-state index in [4.69, 9.17) is 4.74 Å². The summed E-state index contributed by atoms with van der Waals surface area (Å²) in [6, 6.07) is 15.0. The van der Waals surface area contributed by atoms with Gasteiger partial charge in [-0.25, -0.2) is 9.97 Å². The Morgan fingerprint density at radius 1 is 1.06 bits per heavy atom. The van der Waals surface area contributed by atoms with Gasteiger partial charge < -0.3 is 19.7 Å². The van der Waals surface area contributed by atoms with Crippen molar-refractivity contribution in [3.63, 3.8) is 0 Å². The van der Waals surface area contributed by atoms with Crippen molar-refractivity contribution in [1.82, 2.24) is 9.97 Å². The van der Waals surface area contributed by atoms with Crippen molar-refractivity contribution in [2.45, 2.75) is 19.2 Å². The maximum absolute atomic E-state index is 12.7. The van der Waals surface area contributed by atoms with Gasteiger partial charge in [0.05, 0.1) is 18.5 Å². The van der Waals surface area contributed by atoms with E-state index in [0.717, 1.165) is 22.8 Å². The highest BCUT2D eigenvalue weighted by atomic mass is 19.4. The number of anilines is 2. The van der Waals surface area contributed by atoms with Gasteiger partial charge in [-0.05, 0) is 49.2 Å². The van der Waals surface area contributed by atoms with E-state index in [1.54, 1.807) is 7.11 Å². The van der Waals surface area contributed by atoms with E-state index in [1.807, 2.05) is 30.3 Å². The summed E-state index contributed by atoms with van der Waals surface area (Å²) in [6.45, 7) is 1.16. The molecule has 1 aromatic heterocycles.